The molecule has 0 radical (unpaired) electrons. The van der Waals surface area contributed by atoms with Gasteiger partial charge in [0.25, 0.3) is 0 Å². The van der Waals surface area contributed by atoms with Crippen molar-refractivity contribution in [3.8, 4) is 6.07 Å². The first kappa shape index (κ1) is 11.2. The van der Waals surface area contributed by atoms with Crippen LogP contribution >= 0.6 is 22.9 Å². The molecule has 0 saturated heterocycles. The molecule has 0 aliphatic heterocycles. The lowest BCUT2D eigenvalue weighted by Gasteiger charge is -2.06. The first-order chi connectivity index (χ1) is 6.67. The number of nitrogens with zero attached hydrogens (tertiary/aromatic N) is 2. The number of rotatable bonds is 4. The molecule has 7 heteroatoms. The van der Waals surface area contributed by atoms with E-state index < -0.39 is 6.10 Å². The maximum absolute atomic E-state index is 9.02. The summed E-state index contributed by atoms with van der Waals surface area (Å²) in [4.78, 5) is 4.17. The normalized spacial score (nSPS) is 12.1. The van der Waals surface area contributed by atoms with Gasteiger partial charge in [-0.05, 0) is 0 Å². The maximum atomic E-state index is 9.02. The third-order valence-electron chi connectivity index (χ3n) is 1.39. The van der Waals surface area contributed by atoms with E-state index >= 15 is 0 Å². The summed E-state index contributed by atoms with van der Waals surface area (Å²) in [6.07, 6.45) is -0.844. The van der Waals surface area contributed by atoms with Gasteiger partial charge in [0.05, 0.1) is 12.7 Å². The van der Waals surface area contributed by atoms with Gasteiger partial charge >= 0.3 is 0 Å². The van der Waals surface area contributed by atoms with Crippen molar-refractivity contribution in [1.29, 1.82) is 5.26 Å². The largest absolute Gasteiger partial charge is 0.394 e. The Kier molecular flexibility index (Phi) is 4.10. The van der Waals surface area contributed by atoms with Crippen LogP contribution in [0.5, 0.6) is 0 Å². The van der Waals surface area contributed by atoms with Crippen LogP contribution in [0.1, 0.15) is 4.88 Å². The third kappa shape index (κ3) is 2.82. The van der Waals surface area contributed by atoms with Crippen molar-refractivity contribution in [2.24, 2.45) is 0 Å². The van der Waals surface area contributed by atoms with Gasteiger partial charge < -0.3 is 15.5 Å². The molecule has 0 saturated carbocycles. The number of aromatic nitrogens is 1. The van der Waals surface area contributed by atoms with E-state index in [9.17, 15) is 0 Å². The van der Waals surface area contributed by atoms with Crippen LogP contribution in [0.2, 0.25) is 5.15 Å². The summed E-state index contributed by atoms with van der Waals surface area (Å²) in [5.74, 6) is 0. The Hall–Kier alpha value is -0.870. The molecule has 1 unspecified atom stereocenters. The molecule has 76 valence electrons. The van der Waals surface area contributed by atoms with Crippen molar-refractivity contribution in [2.45, 2.75) is 6.10 Å². The summed E-state index contributed by atoms with van der Waals surface area (Å²) < 4.78 is 0. The Morgan fingerprint density at radius 3 is 2.93 bits per heavy atom. The molecular formula is C7H8ClN3O2S. The van der Waals surface area contributed by atoms with Gasteiger partial charge in [0.2, 0.25) is 0 Å². The number of aliphatic hydroxyl groups excluding tert-OH is 2. The Morgan fingerprint density at radius 1 is 1.71 bits per heavy atom. The zero-order valence-corrected chi connectivity index (χ0v) is 8.64. The number of anilines is 1. The average Bonchev–Trinajstić information content (AvgIpc) is 2.55. The second-order valence-corrected chi connectivity index (χ2v) is 3.83. The van der Waals surface area contributed by atoms with Crippen molar-refractivity contribution in [2.75, 3.05) is 18.5 Å². The summed E-state index contributed by atoms with van der Waals surface area (Å²) in [6.45, 7) is -0.150. The zero-order valence-electron chi connectivity index (χ0n) is 7.07. The molecule has 1 rings (SSSR count). The van der Waals surface area contributed by atoms with Crippen LogP contribution in [0.25, 0.3) is 0 Å². The van der Waals surface area contributed by atoms with Gasteiger partial charge in [-0.2, -0.15) is 5.26 Å². The molecular weight excluding hydrogens is 226 g/mol. The van der Waals surface area contributed by atoms with E-state index in [1.807, 2.05) is 6.07 Å². The molecule has 3 N–H and O–H groups in total. The topological polar surface area (TPSA) is 89.2 Å². The van der Waals surface area contributed by atoms with Crippen molar-refractivity contribution in [3.63, 3.8) is 0 Å². The van der Waals surface area contributed by atoms with Gasteiger partial charge in [-0.3, -0.25) is 0 Å². The Bertz CT molecular complexity index is 349. The Labute approximate surface area is 89.6 Å². The standard InChI is InChI=1S/C7H8ClN3O2S/c8-6-5(1-9)14-7(11-6)10-2-4(13)3-12/h4,12-13H,2-3H2,(H,10,11). The number of aliphatic hydroxyl groups is 2. The number of hydrogen-bond acceptors (Lipinski definition) is 6. The van der Waals surface area contributed by atoms with E-state index in [0.29, 0.717) is 10.0 Å². The second-order valence-electron chi connectivity index (χ2n) is 2.47. The Balaban J connectivity index is 2.56. The molecule has 1 heterocycles. The first-order valence-corrected chi connectivity index (χ1v) is 4.96. The van der Waals surface area contributed by atoms with Crippen LogP contribution in [0.4, 0.5) is 5.13 Å². The molecule has 1 aromatic rings. The summed E-state index contributed by atoms with van der Waals surface area (Å²) in [6, 6.07) is 1.89. The number of nitrogens with one attached hydrogen (secondary N) is 1. The molecule has 1 atom stereocenters. The molecule has 1 aromatic heterocycles. The van der Waals surface area contributed by atoms with E-state index in [4.69, 9.17) is 27.1 Å². The lowest BCUT2D eigenvalue weighted by atomic mass is 10.4. The van der Waals surface area contributed by atoms with Gasteiger partial charge in [-0.15, -0.1) is 0 Å². The van der Waals surface area contributed by atoms with Crippen LogP contribution in [0.15, 0.2) is 0 Å². The number of halogens is 1. The fraction of sp³-hybridized carbons (Fsp3) is 0.429. The molecule has 0 aromatic carbocycles. The highest BCUT2D eigenvalue weighted by molar-refractivity contribution is 7.16. The van der Waals surface area contributed by atoms with Gasteiger partial charge in [-0.1, -0.05) is 22.9 Å². The van der Waals surface area contributed by atoms with Gasteiger partial charge in [0, 0.05) is 6.54 Å². The number of thiazole rings is 1. The third-order valence-corrected chi connectivity index (χ3v) is 2.69. The highest BCUT2D eigenvalue weighted by Crippen LogP contribution is 2.25. The van der Waals surface area contributed by atoms with Crippen molar-refractivity contribution in [3.05, 3.63) is 10.0 Å². The SMILES string of the molecule is N#Cc1sc(NCC(O)CO)nc1Cl. The van der Waals surface area contributed by atoms with Crippen LogP contribution in [-0.2, 0) is 0 Å². The Morgan fingerprint density at radius 2 is 2.43 bits per heavy atom. The van der Waals surface area contributed by atoms with Crippen LogP contribution in [-0.4, -0.2) is 34.5 Å². The summed E-state index contributed by atoms with van der Waals surface area (Å²) >= 11 is 6.72. The second kappa shape index (κ2) is 5.12. The maximum Gasteiger partial charge on any atom is 0.185 e. The van der Waals surface area contributed by atoms with Gasteiger partial charge in [-0.25, -0.2) is 4.98 Å². The lowest BCUT2D eigenvalue weighted by Crippen LogP contribution is -2.22. The van der Waals surface area contributed by atoms with Crippen molar-refractivity contribution < 1.29 is 10.2 Å². The smallest absolute Gasteiger partial charge is 0.185 e. The molecule has 5 nitrogen and oxygen atoms in total. The molecule has 0 spiro atoms. The quantitative estimate of drug-likeness (QED) is 0.702. The minimum Gasteiger partial charge on any atom is -0.394 e. The number of nitriles is 1. The summed E-state index contributed by atoms with van der Waals surface area (Å²) in [5, 5.41) is 29.5. The van der Waals surface area contributed by atoms with E-state index in [-0.39, 0.29) is 18.3 Å². The van der Waals surface area contributed by atoms with E-state index in [2.05, 4.69) is 10.3 Å². The van der Waals surface area contributed by atoms with E-state index in [1.165, 1.54) is 0 Å². The van der Waals surface area contributed by atoms with Crippen molar-refractivity contribution in [1.82, 2.24) is 4.98 Å². The molecule has 0 aliphatic carbocycles. The lowest BCUT2D eigenvalue weighted by molar-refractivity contribution is 0.105. The monoisotopic (exact) mass is 233 g/mol. The molecule has 0 amide bonds. The molecule has 0 aliphatic rings. The molecule has 0 bridgehead atoms. The van der Waals surface area contributed by atoms with Crippen LogP contribution in [0, 0.1) is 11.3 Å². The fourth-order valence-electron chi connectivity index (χ4n) is 0.716. The highest BCUT2D eigenvalue weighted by atomic mass is 35.5. The van der Waals surface area contributed by atoms with E-state index in [0.717, 1.165) is 11.3 Å². The first-order valence-electron chi connectivity index (χ1n) is 3.76. The molecule has 0 fully saturated rings. The zero-order chi connectivity index (χ0) is 10.6. The number of hydrogen-bond donors (Lipinski definition) is 3. The highest BCUT2D eigenvalue weighted by Gasteiger charge is 2.09. The minimum absolute atomic E-state index is 0.151. The van der Waals surface area contributed by atoms with E-state index in [1.54, 1.807) is 0 Å². The minimum atomic E-state index is -0.844. The summed E-state index contributed by atoms with van der Waals surface area (Å²) in [5.41, 5.74) is 0. The summed E-state index contributed by atoms with van der Waals surface area (Å²) in [7, 11) is 0. The predicted molar refractivity (Wildman–Crippen MR) is 53.4 cm³/mol. The average molecular weight is 234 g/mol. The predicted octanol–water partition coefficient (Wildman–Crippen LogP) is 0.433. The van der Waals surface area contributed by atoms with Crippen LogP contribution in [0.3, 0.4) is 0 Å². The van der Waals surface area contributed by atoms with Crippen molar-refractivity contribution >= 4 is 28.1 Å². The van der Waals surface area contributed by atoms with Gasteiger partial charge in [0.15, 0.2) is 10.3 Å². The molecule has 14 heavy (non-hydrogen) atoms. The van der Waals surface area contributed by atoms with Crippen LogP contribution < -0.4 is 5.32 Å². The van der Waals surface area contributed by atoms with Gasteiger partial charge in [0.1, 0.15) is 10.9 Å². The fourth-order valence-corrected chi connectivity index (χ4v) is 1.67.